The highest BCUT2D eigenvalue weighted by Crippen LogP contribution is 2.40. The first kappa shape index (κ1) is 24.4. The lowest BCUT2D eigenvalue weighted by atomic mass is 10.0. The second kappa shape index (κ2) is 10.7. The molecule has 0 atom stereocenters. The lowest BCUT2D eigenvalue weighted by Gasteiger charge is -2.16. The van der Waals surface area contributed by atoms with Gasteiger partial charge >= 0.3 is 0 Å². The van der Waals surface area contributed by atoms with Crippen molar-refractivity contribution in [2.75, 3.05) is 38.1 Å². The van der Waals surface area contributed by atoms with E-state index in [0.29, 0.717) is 29.6 Å². The van der Waals surface area contributed by atoms with Crippen LogP contribution in [0.15, 0.2) is 54.9 Å². The number of rotatable bonds is 6. The fraction of sp³-hybridized carbons (Fsp3) is 0.192. The Morgan fingerprint density at radius 3 is 2.28 bits per heavy atom. The number of nitrogens with zero attached hydrogens (tertiary/aromatic N) is 3. The van der Waals surface area contributed by atoms with Gasteiger partial charge in [-0.2, -0.15) is 4.98 Å². The van der Waals surface area contributed by atoms with Crippen LogP contribution in [0.5, 0.6) is 17.2 Å². The Kier molecular flexibility index (Phi) is 7.24. The first-order chi connectivity index (χ1) is 17.4. The van der Waals surface area contributed by atoms with Crippen LogP contribution in [0.3, 0.4) is 0 Å². The summed E-state index contributed by atoms with van der Waals surface area (Å²) in [6.07, 6.45) is 1.70. The number of nitrogens with one attached hydrogen (secondary N) is 2. The third kappa shape index (κ3) is 5.02. The second-order valence-electron chi connectivity index (χ2n) is 7.90. The zero-order valence-electron chi connectivity index (χ0n) is 20.6. The molecule has 0 unspecified atom stereocenters. The standard InChI is InChI=1S/C19H23N5O3.C7H6N2/c1-10-11(5-6-13-16(10)18(20)24-19(21)23-13)9-22-12-7-14(25-2)17(27-4)15(8-12)26-3;1-2-4-7-6(3-1)8-5-9-7/h5-8,22H,9H2,1-4H3,(H4,20,21,23,24);1-5H,(H,8,9). The molecule has 0 bridgehead atoms. The van der Waals surface area contributed by atoms with Gasteiger partial charge in [-0.25, -0.2) is 9.97 Å². The molecular weight excluding hydrogens is 458 g/mol. The van der Waals surface area contributed by atoms with Gasteiger partial charge in [-0.1, -0.05) is 18.2 Å². The number of nitrogens with two attached hydrogens (primary N) is 2. The molecule has 10 nitrogen and oxygen atoms in total. The van der Waals surface area contributed by atoms with Crippen LogP contribution < -0.4 is 31.0 Å². The summed E-state index contributed by atoms with van der Waals surface area (Å²) in [5.74, 6) is 2.27. The van der Waals surface area contributed by atoms with Crippen LogP contribution >= 0.6 is 0 Å². The summed E-state index contributed by atoms with van der Waals surface area (Å²) in [5.41, 5.74) is 17.5. The van der Waals surface area contributed by atoms with Crippen LogP contribution in [0.4, 0.5) is 17.5 Å². The molecule has 6 N–H and O–H groups in total. The van der Waals surface area contributed by atoms with E-state index < -0.39 is 0 Å². The van der Waals surface area contributed by atoms with Crippen molar-refractivity contribution in [3.63, 3.8) is 0 Å². The van der Waals surface area contributed by atoms with Gasteiger partial charge in [-0.05, 0) is 36.2 Å². The van der Waals surface area contributed by atoms with Crippen molar-refractivity contribution in [3.8, 4) is 17.2 Å². The van der Waals surface area contributed by atoms with Crippen LogP contribution in [-0.2, 0) is 6.54 Å². The molecule has 0 saturated carbocycles. The highest BCUT2D eigenvalue weighted by atomic mass is 16.5. The monoisotopic (exact) mass is 487 g/mol. The van der Waals surface area contributed by atoms with E-state index in [1.54, 1.807) is 27.7 Å². The third-order valence-corrected chi connectivity index (χ3v) is 5.76. The van der Waals surface area contributed by atoms with E-state index >= 15 is 0 Å². The van der Waals surface area contributed by atoms with Gasteiger partial charge in [0.05, 0.1) is 44.2 Å². The SMILES string of the molecule is COc1cc(NCc2ccc3nc(N)nc(N)c3c2C)cc(OC)c1OC.c1ccc2[nH]cnc2c1. The zero-order valence-corrected chi connectivity index (χ0v) is 20.6. The van der Waals surface area contributed by atoms with Crippen molar-refractivity contribution >= 4 is 39.4 Å². The molecule has 0 aliphatic rings. The van der Waals surface area contributed by atoms with Crippen LogP contribution in [0.2, 0.25) is 0 Å². The average molecular weight is 488 g/mol. The van der Waals surface area contributed by atoms with E-state index in [-0.39, 0.29) is 5.95 Å². The topological polar surface area (TPSA) is 146 Å². The van der Waals surface area contributed by atoms with Gasteiger partial charge in [0.25, 0.3) is 0 Å². The van der Waals surface area contributed by atoms with Gasteiger partial charge in [0.15, 0.2) is 11.5 Å². The van der Waals surface area contributed by atoms with Crippen molar-refractivity contribution in [1.82, 2.24) is 19.9 Å². The number of fused-ring (bicyclic) bond motifs is 2. The summed E-state index contributed by atoms with van der Waals surface area (Å²) in [4.78, 5) is 15.4. The molecule has 3 aromatic carbocycles. The van der Waals surface area contributed by atoms with Crippen LogP contribution in [-0.4, -0.2) is 41.3 Å². The summed E-state index contributed by atoms with van der Waals surface area (Å²) in [6, 6.07) is 15.5. The van der Waals surface area contributed by atoms with Crippen LogP contribution in [0.25, 0.3) is 21.9 Å². The molecule has 10 heteroatoms. The van der Waals surface area contributed by atoms with Gasteiger partial charge < -0.3 is 36.0 Å². The number of aromatic amines is 1. The third-order valence-electron chi connectivity index (χ3n) is 5.76. The molecular formula is C26H29N7O3. The molecule has 0 aliphatic heterocycles. The highest BCUT2D eigenvalue weighted by molar-refractivity contribution is 5.92. The number of aryl methyl sites for hydroxylation is 1. The van der Waals surface area contributed by atoms with E-state index in [0.717, 1.165) is 38.8 Å². The van der Waals surface area contributed by atoms with Gasteiger partial charge in [-0.15, -0.1) is 0 Å². The Morgan fingerprint density at radius 2 is 1.61 bits per heavy atom. The molecule has 0 saturated heterocycles. The molecule has 186 valence electrons. The molecule has 5 aromatic rings. The molecule has 0 aliphatic carbocycles. The van der Waals surface area contributed by atoms with Gasteiger partial charge in [-0.3, -0.25) is 0 Å². The first-order valence-corrected chi connectivity index (χ1v) is 11.2. The minimum atomic E-state index is 0.169. The molecule has 2 aromatic heterocycles. The number of H-pyrrole nitrogens is 1. The maximum Gasteiger partial charge on any atom is 0.222 e. The number of aromatic nitrogens is 4. The lowest BCUT2D eigenvalue weighted by Crippen LogP contribution is -2.06. The minimum Gasteiger partial charge on any atom is -0.493 e. The number of para-hydroxylation sites is 2. The summed E-state index contributed by atoms with van der Waals surface area (Å²) < 4.78 is 16.1. The van der Waals surface area contributed by atoms with Gasteiger partial charge in [0.1, 0.15) is 5.82 Å². The van der Waals surface area contributed by atoms with Crippen LogP contribution in [0.1, 0.15) is 11.1 Å². The Labute approximate surface area is 208 Å². The zero-order chi connectivity index (χ0) is 25.7. The predicted octanol–water partition coefficient (Wildman–Crippen LogP) is 4.30. The number of benzene rings is 3. The van der Waals surface area contributed by atoms with E-state index in [2.05, 4.69) is 25.3 Å². The number of hydrogen-bond acceptors (Lipinski definition) is 9. The summed E-state index contributed by atoms with van der Waals surface area (Å²) in [6.45, 7) is 2.56. The number of nitrogen functional groups attached to an aromatic ring is 2. The van der Waals surface area contributed by atoms with Crippen LogP contribution in [0, 0.1) is 6.92 Å². The number of ether oxygens (including phenoxy) is 3. The maximum absolute atomic E-state index is 6.04. The van der Waals surface area contributed by atoms with Crippen molar-refractivity contribution in [2.45, 2.75) is 13.5 Å². The summed E-state index contributed by atoms with van der Waals surface area (Å²) >= 11 is 0. The average Bonchev–Trinajstić information content (AvgIpc) is 3.36. The first-order valence-electron chi connectivity index (χ1n) is 11.2. The van der Waals surface area contributed by atoms with E-state index in [4.69, 9.17) is 25.7 Å². The van der Waals surface area contributed by atoms with Crippen molar-refractivity contribution < 1.29 is 14.2 Å². The number of anilines is 3. The predicted molar refractivity (Wildman–Crippen MR) is 143 cm³/mol. The lowest BCUT2D eigenvalue weighted by molar-refractivity contribution is 0.324. The quantitative estimate of drug-likeness (QED) is 0.275. The number of imidazole rings is 1. The molecule has 0 fully saturated rings. The number of methoxy groups -OCH3 is 3. The fourth-order valence-electron chi connectivity index (χ4n) is 3.94. The molecule has 2 heterocycles. The smallest absolute Gasteiger partial charge is 0.222 e. The highest BCUT2D eigenvalue weighted by Gasteiger charge is 2.14. The van der Waals surface area contributed by atoms with Gasteiger partial charge in [0, 0.05) is 29.8 Å². The van der Waals surface area contributed by atoms with E-state index in [1.165, 1.54) is 0 Å². The van der Waals surface area contributed by atoms with Crippen molar-refractivity contribution in [1.29, 1.82) is 0 Å². The second-order valence-corrected chi connectivity index (χ2v) is 7.90. The van der Waals surface area contributed by atoms with Crippen molar-refractivity contribution in [2.24, 2.45) is 0 Å². The maximum atomic E-state index is 6.04. The normalized spacial score (nSPS) is 10.6. The summed E-state index contributed by atoms with van der Waals surface area (Å²) in [7, 11) is 4.75. The molecule has 0 amide bonds. The van der Waals surface area contributed by atoms with Crippen molar-refractivity contribution in [3.05, 3.63) is 66.0 Å². The Bertz CT molecular complexity index is 1450. The number of hydrogen-bond donors (Lipinski definition) is 4. The largest absolute Gasteiger partial charge is 0.493 e. The Hall–Kier alpha value is -4.73. The Balaban J connectivity index is 0.000000280. The fourth-order valence-corrected chi connectivity index (χ4v) is 3.94. The molecule has 0 radical (unpaired) electrons. The minimum absolute atomic E-state index is 0.169. The Morgan fingerprint density at radius 1 is 0.889 bits per heavy atom. The van der Waals surface area contributed by atoms with E-state index in [9.17, 15) is 0 Å². The molecule has 5 rings (SSSR count). The summed E-state index contributed by atoms with van der Waals surface area (Å²) in [5, 5.41) is 4.19. The molecule has 0 spiro atoms. The van der Waals surface area contributed by atoms with E-state index in [1.807, 2.05) is 55.5 Å². The van der Waals surface area contributed by atoms with Gasteiger partial charge in [0.2, 0.25) is 11.7 Å². The molecule has 36 heavy (non-hydrogen) atoms.